The van der Waals surface area contributed by atoms with E-state index < -0.39 is 50.8 Å². The van der Waals surface area contributed by atoms with E-state index in [2.05, 4.69) is 0 Å². The normalized spacial score (nSPS) is 27.6. The van der Waals surface area contributed by atoms with Crippen molar-refractivity contribution in [2.75, 3.05) is 0 Å². The van der Waals surface area contributed by atoms with Crippen LogP contribution in [0.5, 0.6) is 5.75 Å². The second-order valence-corrected chi connectivity index (χ2v) is 11.9. The van der Waals surface area contributed by atoms with Crippen LogP contribution in [-0.4, -0.2) is 40.9 Å². The number of Topliss-reactive ketones (excluding diaryl/α,β-unsaturated/α-hetero) is 2. The Hall–Kier alpha value is -3.43. The van der Waals surface area contributed by atoms with E-state index in [1.807, 2.05) is 13.8 Å². The molecule has 4 unspecified atom stereocenters. The molecule has 0 radical (unpaired) electrons. The molecule has 5 rings (SSSR count). The van der Waals surface area contributed by atoms with Gasteiger partial charge in [0, 0.05) is 23.0 Å². The Morgan fingerprint density at radius 3 is 2.35 bits per heavy atom. The molecular formula is C28H28O8S. The summed E-state index contributed by atoms with van der Waals surface area (Å²) in [7, 11) is -4.25. The van der Waals surface area contributed by atoms with Crippen LogP contribution >= 0.6 is 0 Å². The standard InChI is InChI=1S/C28H28O8S/c1-14(2)21-19-13-17-12-16-8-7-11-20(36-37(34,35)18-9-5-4-6-10-18)22(16)25(30)23(17)27(32)28(19,33)26(31)15(3)24(21)29/h4-11,14,17,19,21,29,32-33H,12-13H2,1-3H3. The van der Waals surface area contributed by atoms with E-state index in [9.17, 15) is 33.3 Å². The Bertz CT molecular complexity index is 1490. The van der Waals surface area contributed by atoms with E-state index in [1.165, 1.54) is 25.1 Å². The van der Waals surface area contributed by atoms with Crippen LogP contribution in [0.2, 0.25) is 0 Å². The minimum Gasteiger partial charge on any atom is -0.512 e. The third-order valence-corrected chi connectivity index (χ3v) is 9.17. The summed E-state index contributed by atoms with van der Waals surface area (Å²) < 4.78 is 31.1. The number of fused-ring (bicyclic) bond motifs is 3. The number of carbonyl (C=O) groups excluding carboxylic acids is 2. The van der Waals surface area contributed by atoms with Crippen molar-refractivity contribution in [2.24, 2.45) is 23.7 Å². The highest BCUT2D eigenvalue weighted by Crippen LogP contribution is 2.54. The molecule has 3 aliphatic rings. The van der Waals surface area contributed by atoms with Gasteiger partial charge in [-0.2, -0.15) is 8.42 Å². The number of allylic oxidation sites excluding steroid dienone is 2. The van der Waals surface area contributed by atoms with Gasteiger partial charge in [0.25, 0.3) is 0 Å². The first kappa shape index (κ1) is 25.2. The van der Waals surface area contributed by atoms with Crippen molar-refractivity contribution in [1.82, 2.24) is 0 Å². The van der Waals surface area contributed by atoms with Crippen molar-refractivity contribution >= 4 is 21.7 Å². The van der Waals surface area contributed by atoms with Gasteiger partial charge in [0.05, 0.1) is 5.56 Å². The zero-order valence-corrected chi connectivity index (χ0v) is 21.5. The second-order valence-electron chi connectivity index (χ2n) is 10.4. The summed E-state index contributed by atoms with van der Waals surface area (Å²) in [6, 6.07) is 12.2. The zero-order chi connectivity index (χ0) is 26.9. The van der Waals surface area contributed by atoms with E-state index in [-0.39, 0.29) is 51.9 Å². The fourth-order valence-electron chi connectivity index (χ4n) is 6.18. The Balaban J connectivity index is 1.63. The molecule has 3 aliphatic carbocycles. The van der Waals surface area contributed by atoms with Crippen LogP contribution in [0.25, 0.3) is 0 Å². The Morgan fingerprint density at radius 2 is 1.70 bits per heavy atom. The number of hydrogen-bond donors (Lipinski definition) is 3. The molecule has 0 fully saturated rings. The highest BCUT2D eigenvalue weighted by molar-refractivity contribution is 7.87. The van der Waals surface area contributed by atoms with Gasteiger partial charge in [-0.1, -0.05) is 44.2 Å². The van der Waals surface area contributed by atoms with Gasteiger partial charge in [0.2, 0.25) is 5.78 Å². The van der Waals surface area contributed by atoms with Crippen molar-refractivity contribution in [3.63, 3.8) is 0 Å². The molecule has 2 aromatic rings. The largest absolute Gasteiger partial charge is 0.512 e. The molecule has 0 aliphatic heterocycles. The summed E-state index contributed by atoms with van der Waals surface area (Å²) in [6.45, 7) is 5.11. The van der Waals surface area contributed by atoms with Crippen molar-refractivity contribution in [3.8, 4) is 5.75 Å². The van der Waals surface area contributed by atoms with Crippen LogP contribution in [0, 0.1) is 23.7 Å². The van der Waals surface area contributed by atoms with E-state index >= 15 is 0 Å². The van der Waals surface area contributed by atoms with E-state index in [4.69, 9.17) is 4.18 Å². The predicted molar refractivity (Wildman–Crippen MR) is 134 cm³/mol. The fourth-order valence-corrected chi connectivity index (χ4v) is 7.14. The first-order chi connectivity index (χ1) is 17.4. The molecule has 8 nitrogen and oxygen atoms in total. The van der Waals surface area contributed by atoms with Crippen molar-refractivity contribution < 1.29 is 37.5 Å². The van der Waals surface area contributed by atoms with Gasteiger partial charge >= 0.3 is 10.1 Å². The number of aliphatic hydroxyl groups excluding tert-OH is 2. The lowest BCUT2D eigenvalue weighted by atomic mass is 9.56. The van der Waals surface area contributed by atoms with Gasteiger partial charge in [-0.05, 0) is 55.4 Å². The van der Waals surface area contributed by atoms with Crippen LogP contribution in [0.15, 0.2) is 76.1 Å². The van der Waals surface area contributed by atoms with Crippen molar-refractivity contribution in [1.29, 1.82) is 0 Å². The molecule has 0 aromatic heterocycles. The molecule has 2 aromatic carbocycles. The maximum atomic E-state index is 13.8. The molecule has 0 spiro atoms. The fraction of sp³-hybridized carbons (Fsp3) is 0.357. The average Bonchev–Trinajstić information content (AvgIpc) is 2.85. The highest BCUT2D eigenvalue weighted by Gasteiger charge is 2.61. The predicted octanol–water partition coefficient (Wildman–Crippen LogP) is 4.06. The summed E-state index contributed by atoms with van der Waals surface area (Å²) in [5.41, 5.74) is -2.03. The van der Waals surface area contributed by atoms with E-state index in [1.54, 1.807) is 30.3 Å². The molecule has 4 atom stereocenters. The maximum Gasteiger partial charge on any atom is 0.339 e. The van der Waals surface area contributed by atoms with E-state index in [0.717, 1.165) is 0 Å². The first-order valence-corrected chi connectivity index (χ1v) is 13.6. The monoisotopic (exact) mass is 524 g/mol. The minimum atomic E-state index is -4.25. The van der Waals surface area contributed by atoms with Gasteiger partial charge in [-0.25, -0.2) is 0 Å². The summed E-state index contributed by atoms with van der Waals surface area (Å²) in [5.74, 6) is -4.66. The van der Waals surface area contributed by atoms with Crippen LogP contribution in [0.1, 0.15) is 43.1 Å². The minimum absolute atomic E-state index is 0.0272. The first-order valence-electron chi connectivity index (χ1n) is 12.2. The van der Waals surface area contributed by atoms with Crippen molar-refractivity contribution in [2.45, 2.75) is 44.1 Å². The molecule has 0 saturated carbocycles. The molecule has 9 heteroatoms. The van der Waals surface area contributed by atoms with Crippen LogP contribution in [0.3, 0.4) is 0 Å². The molecule has 37 heavy (non-hydrogen) atoms. The van der Waals surface area contributed by atoms with Gasteiger partial charge in [0.15, 0.2) is 17.1 Å². The Morgan fingerprint density at radius 1 is 1.03 bits per heavy atom. The molecular weight excluding hydrogens is 496 g/mol. The van der Waals surface area contributed by atoms with Gasteiger partial charge < -0.3 is 19.5 Å². The highest BCUT2D eigenvalue weighted by atomic mass is 32.2. The number of carbonyl (C=O) groups is 2. The number of ketones is 2. The Kier molecular flexibility index (Phi) is 5.84. The summed E-state index contributed by atoms with van der Waals surface area (Å²) in [5, 5.41) is 33.8. The molecule has 0 amide bonds. The quantitative estimate of drug-likeness (QED) is 0.509. The number of rotatable bonds is 4. The van der Waals surface area contributed by atoms with Crippen LogP contribution in [-0.2, 0) is 21.3 Å². The molecule has 194 valence electrons. The maximum absolute atomic E-state index is 13.8. The van der Waals surface area contributed by atoms with Crippen LogP contribution in [0.4, 0.5) is 0 Å². The third-order valence-electron chi connectivity index (χ3n) is 7.92. The topological polar surface area (TPSA) is 138 Å². The van der Waals surface area contributed by atoms with Gasteiger partial charge in [0.1, 0.15) is 16.4 Å². The smallest absolute Gasteiger partial charge is 0.339 e. The lowest BCUT2D eigenvalue weighted by molar-refractivity contribution is -0.148. The average molecular weight is 525 g/mol. The van der Waals surface area contributed by atoms with Crippen LogP contribution < -0.4 is 4.18 Å². The number of hydrogen-bond acceptors (Lipinski definition) is 8. The van der Waals surface area contributed by atoms with E-state index in [0.29, 0.717) is 5.56 Å². The lowest BCUT2D eigenvalue weighted by Crippen LogP contribution is -2.59. The summed E-state index contributed by atoms with van der Waals surface area (Å²) in [6.07, 6.45) is 0.443. The number of aliphatic hydroxyl groups is 3. The zero-order valence-electron chi connectivity index (χ0n) is 20.6. The third kappa shape index (κ3) is 3.63. The molecule has 3 N–H and O–H groups in total. The summed E-state index contributed by atoms with van der Waals surface area (Å²) in [4.78, 5) is 27.0. The second kappa shape index (κ2) is 8.56. The summed E-state index contributed by atoms with van der Waals surface area (Å²) >= 11 is 0. The molecule has 0 saturated heterocycles. The molecule has 0 bridgehead atoms. The van der Waals surface area contributed by atoms with Crippen molar-refractivity contribution in [3.05, 3.63) is 82.3 Å². The lowest BCUT2D eigenvalue weighted by Gasteiger charge is -2.49. The van der Waals surface area contributed by atoms with Gasteiger partial charge in [-0.15, -0.1) is 0 Å². The Labute approximate surface area is 215 Å². The number of benzene rings is 2. The van der Waals surface area contributed by atoms with Gasteiger partial charge in [-0.3, -0.25) is 9.59 Å². The molecule has 0 heterocycles. The SMILES string of the molecule is CC1=C(O)C(C(C)C)C2CC3Cc4cccc(OS(=O)(=O)c5ccccc5)c4C(=O)C3=C(O)C2(O)C1=O.